The molecular formula is C13H20N2O6. The lowest BCUT2D eigenvalue weighted by molar-refractivity contribution is -0.228. The van der Waals surface area contributed by atoms with Crippen molar-refractivity contribution in [3.05, 3.63) is 33.1 Å². The topological polar surface area (TPSA) is 114 Å². The second kappa shape index (κ2) is 5.72. The Labute approximate surface area is 120 Å². The molecule has 1 aromatic rings. The van der Waals surface area contributed by atoms with Crippen LogP contribution in [0.3, 0.4) is 0 Å². The van der Waals surface area contributed by atoms with Crippen LogP contribution in [0.2, 0.25) is 0 Å². The largest absolute Gasteiger partial charge is 0.394 e. The van der Waals surface area contributed by atoms with E-state index >= 15 is 0 Å². The number of nitrogens with one attached hydrogen (secondary N) is 1. The Morgan fingerprint density at radius 1 is 1.48 bits per heavy atom. The maximum Gasteiger partial charge on any atom is 0.330 e. The highest BCUT2D eigenvalue weighted by atomic mass is 16.7. The Bertz CT molecular complexity index is 602. The van der Waals surface area contributed by atoms with E-state index in [1.807, 2.05) is 0 Å². The molecule has 1 aromatic heterocycles. The van der Waals surface area contributed by atoms with Crippen LogP contribution in [-0.2, 0) is 9.47 Å². The third kappa shape index (κ3) is 3.41. The summed E-state index contributed by atoms with van der Waals surface area (Å²) in [6.07, 6.45) is -0.709. The first-order valence-electron chi connectivity index (χ1n) is 6.71. The maximum absolute atomic E-state index is 11.9. The minimum Gasteiger partial charge on any atom is -0.394 e. The monoisotopic (exact) mass is 300 g/mol. The molecule has 0 saturated carbocycles. The highest BCUT2D eigenvalue weighted by molar-refractivity contribution is 4.92. The van der Waals surface area contributed by atoms with Crippen molar-refractivity contribution in [1.82, 2.24) is 9.55 Å². The SMILES string of the molecule is C[C@H]1[C@@H](OC(C)(C)O)[C@H](n2ccc(=O)[nH]c2=O)O[C@@H]1CO. The molecule has 0 bridgehead atoms. The highest BCUT2D eigenvalue weighted by Crippen LogP contribution is 2.36. The molecule has 2 heterocycles. The third-order valence-corrected chi connectivity index (χ3v) is 3.43. The first-order valence-corrected chi connectivity index (χ1v) is 6.71. The summed E-state index contributed by atoms with van der Waals surface area (Å²) in [5, 5.41) is 19.2. The number of aliphatic hydroxyl groups excluding tert-OH is 1. The fourth-order valence-electron chi connectivity index (χ4n) is 2.41. The first kappa shape index (κ1) is 15.9. The number of rotatable bonds is 4. The minimum absolute atomic E-state index is 0.235. The van der Waals surface area contributed by atoms with Gasteiger partial charge < -0.3 is 19.7 Å². The zero-order chi connectivity index (χ0) is 15.8. The molecule has 118 valence electrons. The summed E-state index contributed by atoms with van der Waals surface area (Å²) in [5.41, 5.74) is -1.15. The van der Waals surface area contributed by atoms with Gasteiger partial charge in [-0.25, -0.2) is 4.79 Å². The van der Waals surface area contributed by atoms with Gasteiger partial charge in [0, 0.05) is 18.2 Å². The molecule has 0 spiro atoms. The maximum atomic E-state index is 11.9. The molecule has 1 saturated heterocycles. The summed E-state index contributed by atoms with van der Waals surface area (Å²) in [4.78, 5) is 25.2. The van der Waals surface area contributed by atoms with Crippen molar-refractivity contribution in [2.45, 2.75) is 45.0 Å². The van der Waals surface area contributed by atoms with Crippen LogP contribution in [0, 0.1) is 5.92 Å². The predicted octanol–water partition coefficient (Wildman–Crippen LogP) is -0.824. The molecule has 1 aliphatic rings. The van der Waals surface area contributed by atoms with Crippen LogP contribution in [0.15, 0.2) is 21.9 Å². The van der Waals surface area contributed by atoms with E-state index in [0.29, 0.717) is 0 Å². The molecule has 3 N–H and O–H groups in total. The van der Waals surface area contributed by atoms with E-state index in [4.69, 9.17) is 9.47 Å². The van der Waals surface area contributed by atoms with Crippen molar-refractivity contribution in [1.29, 1.82) is 0 Å². The van der Waals surface area contributed by atoms with Crippen LogP contribution in [-0.4, -0.2) is 44.4 Å². The van der Waals surface area contributed by atoms with Gasteiger partial charge in [0.15, 0.2) is 12.0 Å². The van der Waals surface area contributed by atoms with E-state index in [1.54, 1.807) is 6.92 Å². The Morgan fingerprint density at radius 2 is 2.14 bits per heavy atom. The zero-order valence-corrected chi connectivity index (χ0v) is 12.1. The fourth-order valence-corrected chi connectivity index (χ4v) is 2.41. The lowest BCUT2D eigenvalue weighted by Gasteiger charge is -2.29. The fraction of sp³-hybridized carbons (Fsp3) is 0.692. The number of nitrogens with zero attached hydrogens (tertiary/aromatic N) is 1. The summed E-state index contributed by atoms with van der Waals surface area (Å²) in [7, 11) is 0. The van der Waals surface area contributed by atoms with E-state index < -0.39 is 35.5 Å². The van der Waals surface area contributed by atoms with Crippen LogP contribution >= 0.6 is 0 Å². The van der Waals surface area contributed by atoms with Gasteiger partial charge in [0.05, 0.1) is 12.7 Å². The molecule has 1 fully saturated rings. The summed E-state index contributed by atoms with van der Waals surface area (Å²) in [5.74, 6) is -1.67. The van der Waals surface area contributed by atoms with Crippen molar-refractivity contribution in [2.24, 2.45) is 5.92 Å². The molecule has 1 aliphatic heterocycles. The highest BCUT2D eigenvalue weighted by Gasteiger charge is 2.45. The molecule has 0 aliphatic carbocycles. The molecular weight excluding hydrogens is 280 g/mol. The average Bonchev–Trinajstić information content (AvgIpc) is 2.65. The number of aromatic amines is 1. The minimum atomic E-state index is -1.42. The van der Waals surface area contributed by atoms with Gasteiger partial charge in [-0.2, -0.15) is 0 Å². The number of hydrogen-bond acceptors (Lipinski definition) is 6. The lowest BCUT2D eigenvalue weighted by Crippen LogP contribution is -2.41. The Morgan fingerprint density at radius 3 is 2.67 bits per heavy atom. The molecule has 0 radical (unpaired) electrons. The van der Waals surface area contributed by atoms with Crippen LogP contribution in [0.1, 0.15) is 27.0 Å². The summed E-state index contributed by atoms with van der Waals surface area (Å²) >= 11 is 0. The van der Waals surface area contributed by atoms with Crippen molar-refractivity contribution in [3.8, 4) is 0 Å². The van der Waals surface area contributed by atoms with Gasteiger partial charge in [0.2, 0.25) is 0 Å². The van der Waals surface area contributed by atoms with Crippen molar-refractivity contribution in [2.75, 3.05) is 6.61 Å². The van der Waals surface area contributed by atoms with Gasteiger partial charge in [-0.05, 0) is 13.8 Å². The predicted molar refractivity (Wildman–Crippen MR) is 72.7 cm³/mol. The van der Waals surface area contributed by atoms with Crippen LogP contribution in [0.5, 0.6) is 0 Å². The summed E-state index contributed by atoms with van der Waals surface area (Å²) in [6.45, 7) is 4.51. The first-order chi connectivity index (χ1) is 9.73. The normalized spacial score (nSPS) is 29.8. The van der Waals surface area contributed by atoms with E-state index in [0.717, 1.165) is 0 Å². The van der Waals surface area contributed by atoms with Crippen molar-refractivity contribution < 1.29 is 19.7 Å². The quantitative estimate of drug-likeness (QED) is 0.626. The van der Waals surface area contributed by atoms with E-state index in [1.165, 1.54) is 30.7 Å². The number of ether oxygens (including phenoxy) is 2. The van der Waals surface area contributed by atoms with Gasteiger partial charge in [-0.1, -0.05) is 6.92 Å². The molecule has 0 unspecified atom stereocenters. The molecule has 0 aromatic carbocycles. The molecule has 2 rings (SSSR count). The smallest absolute Gasteiger partial charge is 0.330 e. The summed E-state index contributed by atoms with van der Waals surface area (Å²) < 4.78 is 12.4. The number of aliphatic hydroxyl groups is 2. The van der Waals surface area contributed by atoms with Gasteiger partial charge in [0.1, 0.15) is 6.10 Å². The van der Waals surface area contributed by atoms with Crippen LogP contribution < -0.4 is 11.2 Å². The molecule has 8 heteroatoms. The number of H-pyrrole nitrogens is 1. The molecule has 8 nitrogen and oxygen atoms in total. The molecule has 4 atom stereocenters. The summed E-state index contributed by atoms with van der Waals surface area (Å²) in [6, 6.07) is 1.20. The van der Waals surface area contributed by atoms with Gasteiger partial charge >= 0.3 is 5.69 Å². The second-order valence-electron chi connectivity index (χ2n) is 5.65. The lowest BCUT2D eigenvalue weighted by atomic mass is 10.0. The van der Waals surface area contributed by atoms with E-state index in [-0.39, 0.29) is 12.5 Å². The zero-order valence-electron chi connectivity index (χ0n) is 12.1. The third-order valence-electron chi connectivity index (χ3n) is 3.43. The van der Waals surface area contributed by atoms with Crippen LogP contribution in [0.25, 0.3) is 0 Å². The van der Waals surface area contributed by atoms with Crippen molar-refractivity contribution >= 4 is 0 Å². The van der Waals surface area contributed by atoms with E-state index in [9.17, 15) is 19.8 Å². The number of hydrogen-bond donors (Lipinski definition) is 3. The van der Waals surface area contributed by atoms with Crippen LogP contribution in [0.4, 0.5) is 0 Å². The van der Waals surface area contributed by atoms with Gasteiger partial charge in [-0.15, -0.1) is 0 Å². The Hall–Kier alpha value is -1.48. The van der Waals surface area contributed by atoms with Crippen molar-refractivity contribution in [3.63, 3.8) is 0 Å². The Balaban J connectivity index is 2.38. The average molecular weight is 300 g/mol. The second-order valence-corrected chi connectivity index (χ2v) is 5.65. The van der Waals surface area contributed by atoms with Gasteiger partial charge in [-0.3, -0.25) is 14.3 Å². The Kier molecular flexibility index (Phi) is 4.33. The standard InChI is InChI=1S/C13H20N2O6/c1-7-8(6-16)20-11(10(7)21-13(2,3)19)15-5-4-9(17)14-12(15)18/h4-5,7-8,10-11,16,19H,6H2,1-3H3,(H,14,17,18)/t7-,8-,10-,11-/m1/s1. The van der Waals surface area contributed by atoms with Gasteiger partial charge in [0.25, 0.3) is 5.56 Å². The molecule has 21 heavy (non-hydrogen) atoms. The number of aromatic nitrogens is 2. The molecule has 0 amide bonds. The van der Waals surface area contributed by atoms with E-state index in [2.05, 4.69) is 4.98 Å².